The minimum atomic E-state index is -0.113. The maximum Gasteiger partial charge on any atom is 0.224 e. The van der Waals surface area contributed by atoms with Gasteiger partial charge in [0.25, 0.3) is 0 Å². The summed E-state index contributed by atoms with van der Waals surface area (Å²) in [6, 6.07) is 0. The van der Waals surface area contributed by atoms with Crippen LogP contribution in [0.3, 0.4) is 0 Å². The van der Waals surface area contributed by atoms with Gasteiger partial charge in [0.15, 0.2) is 0 Å². The summed E-state index contributed by atoms with van der Waals surface area (Å²) in [4.78, 5) is 23.9. The lowest BCUT2D eigenvalue weighted by atomic mass is 10.1. The van der Waals surface area contributed by atoms with Crippen molar-refractivity contribution in [2.45, 2.75) is 19.8 Å². The van der Waals surface area contributed by atoms with Crippen LogP contribution in [0.1, 0.15) is 19.8 Å². The Morgan fingerprint density at radius 3 is 2.80 bits per heavy atom. The van der Waals surface area contributed by atoms with Gasteiger partial charge in [-0.25, -0.2) is 0 Å². The number of carbonyl (C=O) groups excluding carboxylic acids is 2. The van der Waals surface area contributed by atoms with E-state index >= 15 is 0 Å². The lowest BCUT2D eigenvalue weighted by Gasteiger charge is -2.15. The standard InChI is InChI=1S/C10H18N2O3/c1-8(14)11-4-2-10(15)12-5-3-9(6-12)7-13/h9,13H,2-7H2,1H3,(H,11,14). The lowest BCUT2D eigenvalue weighted by Crippen LogP contribution is -2.32. The zero-order valence-electron chi connectivity index (χ0n) is 9.03. The Balaban J connectivity index is 2.20. The average Bonchev–Trinajstić information content (AvgIpc) is 2.65. The average molecular weight is 214 g/mol. The molecule has 86 valence electrons. The molecule has 1 aliphatic heterocycles. The lowest BCUT2D eigenvalue weighted by molar-refractivity contribution is -0.130. The number of amides is 2. The van der Waals surface area contributed by atoms with E-state index in [0.29, 0.717) is 19.5 Å². The molecule has 1 saturated heterocycles. The molecule has 0 bridgehead atoms. The second kappa shape index (κ2) is 5.70. The van der Waals surface area contributed by atoms with Gasteiger partial charge in [0, 0.05) is 45.5 Å². The first-order chi connectivity index (χ1) is 7.13. The molecule has 1 aliphatic rings. The van der Waals surface area contributed by atoms with Gasteiger partial charge < -0.3 is 15.3 Å². The Morgan fingerprint density at radius 2 is 2.27 bits per heavy atom. The van der Waals surface area contributed by atoms with Crippen molar-refractivity contribution >= 4 is 11.8 Å². The van der Waals surface area contributed by atoms with Gasteiger partial charge in [-0.1, -0.05) is 0 Å². The van der Waals surface area contributed by atoms with Crippen molar-refractivity contribution in [1.29, 1.82) is 0 Å². The van der Waals surface area contributed by atoms with Crippen LogP contribution in [0.25, 0.3) is 0 Å². The summed E-state index contributed by atoms with van der Waals surface area (Å²) in [5, 5.41) is 11.5. The van der Waals surface area contributed by atoms with Crippen LogP contribution < -0.4 is 5.32 Å². The largest absolute Gasteiger partial charge is 0.396 e. The third-order valence-corrected chi connectivity index (χ3v) is 2.61. The quantitative estimate of drug-likeness (QED) is 0.653. The van der Waals surface area contributed by atoms with Crippen LogP contribution in [-0.2, 0) is 9.59 Å². The van der Waals surface area contributed by atoms with Gasteiger partial charge in [-0.2, -0.15) is 0 Å². The number of aliphatic hydroxyl groups is 1. The molecule has 2 amide bonds. The van der Waals surface area contributed by atoms with E-state index < -0.39 is 0 Å². The smallest absolute Gasteiger partial charge is 0.224 e. The summed E-state index contributed by atoms with van der Waals surface area (Å²) >= 11 is 0. The molecular formula is C10H18N2O3. The predicted molar refractivity (Wildman–Crippen MR) is 55.1 cm³/mol. The van der Waals surface area contributed by atoms with Crippen LogP contribution in [0.5, 0.6) is 0 Å². The molecule has 0 aromatic carbocycles. The van der Waals surface area contributed by atoms with Crippen molar-refractivity contribution in [1.82, 2.24) is 10.2 Å². The maximum absolute atomic E-state index is 11.6. The molecule has 0 aromatic heterocycles. The van der Waals surface area contributed by atoms with Crippen LogP contribution in [0.4, 0.5) is 0 Å². The van der Waals surface area contributed by atoms with Crippen molar-refractivity contribution in [2.24, 2.45) is 5.92 Å². The molecule has 1 unspecified atom stereocenters. The highest BCUT2D eigenvalue weighted by Crippen LogP contribution is 2.15. The maximum atomic E-state index is 11.6. The molecule has 0 radical (unpaired) electrons. The summed E-state index contributed by atoms with van der Waals surface area (Å²) in [5.74, 6) is 0.173. The van der Waals surface area contributed by atoms with E-state index in [1.165, 1.54) is 6.92 Å². The van der Waals surface area contributed by atoms with E-state index in [4.69, 9.17) is 5.11 Å². The number of likely N-dealkylation sites (tertiary alicyclic amines) is 1. The zero-order valence-corrected chi connectivity index (χ0v) is 9.03. The fourth-order valence-electron chi connectivity index (χ4n) is 1.71. The predicted octanol–water partition coefficient (Wildman–Crippen LogP) is -0.647. The van der Waals surface area contributed by atoms with E-state index in [2.05, 4.69) is 5.32 Å². The van der Waals surface area contributed by atoms with E-state index in [1.807, 2.05) is 0 Å². The summed E-state index contributed by atoms with van der Waals surface area (Å²) in [6.07, 6.45) is 1.22. The Hall–Kier alpha value is -1.10. The minimum absolute atomic E-state index is 0.0553. The van der Waals surface area contributed by atoms with Crippen molar-refractivity contribution < 1.29 is 14.7 Å². The molecule has 1 rings (SSSR count). The molecule has 0 aromatic rings. The van der Waals surface area contributed by atoms with E-state index in [-0.39, 0.29) is 24.3 Å². The topological polar surface area (TPSA) is 69.6 Å². The number of nitrogens with one attached hydrogen (secondary N) is 1. The first kappa shape index (κ1) is 12.0. The van der Waals surface area contributed by atoms with Crippen LogP contribution in [0.15, 0.2) is 0 Å². The fraction of sp³-hybridized carbons (Fsp3) is 0.800. The zero-order chi connectivity index (χ0) is 11.3. The highest BCUT2D eigenvalue weighted by molar-refractivity contribution is 5.78. The second-order valence-corrected chi connectivity index (χ2v) is 3.91. The number of hydrogen-bond donors (Lipinski definition) is 2. The third-order valence-electron chi connectivity index (χ3n) is 2.61. The van der Waals surface area contributed by atoms with Gasteiger partial charge in [-0.05, 0) is 6.42 Å². The molecule has 1 atom stereocenters. The minimum Gasteiger partial charge on any atom is -0.396 e. The molecule has 5 heteroatoms. The van der Waals surface area contributed by atoms with E-state index in [9.17, 15) is 9.59 Å². The normalized spacial score (nSPS) is 20.4. The highest BCUT2D eigenvalue weighted by atomic mass is 16.3. The summed E-state index contributed by atoms with van der Waals surface area (Å²) in [6.45, 7) is 3.35. The molecule has 1 fully saturated rings. The molecule has 2 N–H and O–H groups in total. The monoisotopic (exact) mass is 214 g/mol. The Kier molecular flexibility index (Phi) is 4.55. The van der Waals surface area contributed by atoms with Crippen molar-refractivity contribution in [3.63, 3.8) is 0 Å². The summed E-state index contributed by atoms with van der Waals surface area (Å²) in [5.41, 5.74) is 0. The first-order valence-electron chi connectivity index (χ1n) is 5.26. The highest BCUT2D eigenvalue weighted by Gasteiger charge is 2.24. The Bertz CT molecular complexity index is 243. The molecular weight excluding hydrogens is 196 g/mol. The van der Waals surface area contributed by atoms with Gasteiger partial charge in [-0.3, -0.25) is 9.59 Å². The Morgan fingerprint density at radius 1 is 1.53 bits per heavy atom. The number of hydrogen-bond acceptors (Lipinski definition) is 3. The second-order valence-electron chi connectivity index (χ2n) is 3.91. The van der Waals surface area contributed by atoms with Crippen molar-refractivity contribution in [3.8, 4) is 0 Å². The molecule has 0 saturated carbocycles. The number of rotatable bonds is 4. The molecule has 0 aliphatic carbocycles. The van der Waals surface area contributed by atoms with E-state index in [1.54, 1.807) is 4.90 Å². The fourth-order valence-corrected chi connectivity index (χ4v) is 1.71. The van der Waals surface area contributed by atoms with Crippen molar-refractivity contribution in [2.75, 3.05) is 26.2 Å². The number of nitrogens with zero attached hydrogens (tertiary/aromatic N) is 1. The third kappa shape index (κ3) is 3.87. The SMILES string of the molecule is CC(=O)NCCC(=O)N1CCC(CO)C1. The number of carbonyl (C=O) groups is 2. The van der Waals surface area contributed by atoms with Crippen LogP contribution in [0.2, 0.25) is 0 Å². The van der Waals surface area contributed by atoms with Crippen molar-refractivity contribution in [3.05, 3.63) is 0 Å². The van der Waals surface area contributed by atoms with E-state index in [0.717, 1.165) is 13.0 Å². The molecule has 15 heavy (non-hydrogen) atoms. The molecule has 5 nitrogen and oxygen atoms in total. The Labute approximate surface area is 89.4 Å². The first-order valence-corrected chi connectivity index (χ1v) is 5.26. The van der Waals surface area contributed by atoms with Gasteiger partial charge in [-0.15, -0.1) is 0 Å². The number of aliphatic hydroxyl groups excluding tert-OH is 1. The van der Waals surface area contributed by atoms with Gasteiger partial charge in [0.05, 0.1) is 0 Å². The summed E-state index contributed by atoms with van der Waals surface area (Å²) in [7, 11) is 0. The van der Waals surface area contributed by atoms with Crippen LogP contribution >= 0.6 is 0 Å². The molecule has 1 heterocycles. The summed E-state index contributed by atoms with van der Waals surface area (Å²) < 4.78 is 0. The molecule has 0 spiro atoms. The van der Waals surface area contributed by atoms with Crippen LogP contribution in [0, 0.1) is 5.92 Å². The van der Waals surface area contributed by atoms with Gasteiger partial charge in [0.2, 0.25) is 11.8 Å². The van der Waals surface area contributed by atoms with Gasteiger partial charge in [0.1, 0.15) is 0 Å². The van der Waals surface area contributed by atoms with Crippen LogP contribution in [-0.4, -0.2) is 48.1 Å². The van der Waals surface area contributed by atoms with Gasteiger partial charge >= 0.3 is 0 Å².